The van der Waals surface area contributed by atoms with Gasteiger partial charge in [0.15, 0.2) is 0 Å². The molecule has 0 saturated carbocycles. The van der Waals surface area contributed by atoms with E-state index in [2.05, 4.69) is 15.5 Å². The molecule has 2 N–H and O–H groups in total. The summed E-state index contributed by atoms with van der Waals surface area (Å²) in [6.07, 6.45) is 1.60. The summed E-state index contributed by atoms with van der Waals surface area (Å²) in [5.41, 5.74) is 1.56. The molecule has 0 bridgehead atoms. The molecule has 0 unspecified atom stereocenters. The van der Waals surface area contributed by atoms with E-state index < -0.39 is 5.97 Å². The highest BCUT2D eigenvalue weighted by Gasteiger charge is 2.19. The average molecular weight is 283 g/mol. The fourth-order valence-corrected chi connectivity index (χ4v) is 2.19. The Balaban J connectivity index is 1.80. The van der Waals surface area contributed by atoms with Crippen molar-refractivity contribution in [3.63, 3.8) is 0 Å². The van der Waals surface area contributed by atoms with Crippen molar-refractivity contribution in [3.05, 3.63) is 59.6 Å². The van der Waals surface area contributed by atoms with Crippen molar-refractivity contribution in [3.8, 4) is 0 Å². The molecule has 0 aliphatic heterocycles. The van der Waals surface area contributed by atoms with Crippen LogP contribution in [0.25, 0.3) is 11.0 Å². The Morgan fingerprint density at radius 1 is 1.19 bits per heavy atom. The Kier molecular flexibility index (Phi) is 3.61. The van der Waals surface area contributed by atoms with Gasteiger partial charge in [0.05, 0.1) is 12.2 Å². The van der Waals surface area contributed by atoms with E-state index in [-0.39, 0.29) is 5.56 Å². The Bertz CT molecular complexity index is 768. The first kappa shape index (κ1) is 13.3. The number of para-hydroxylation sites is 1. The van der Waals surface area contributed by atoms with Crippen LogP contribution in [0.3, 0.4) is 0 Å². The van der Waals surface area contributed by atoms with Crippen LogP contribution < -0.4 is 5.32 Å². The van der Waals surface area contributed by atoms with Crippen molar-refractivity contribution in [1.82, 2.24) is 15.5 Å². The zero-order valence-corrected chi connectivity index (χ0v) is 11.1. The molecule has 3 rings (SSSR count). The highest BCUT2D eigenvalue weighted by molar-refractivity contribution is 6.03. The van der Waals surface area contributed by atoms with Gasteiger partial charge in [-0.1, -0.05) is 18.2 Å². The van der Waals surface area contributed by atoms with E-state index >= 15 is 0 Å². The molecule has 0 atom stereocenters. The zero-order chi connectivity index (χ0) is 14.7. The average Bonchev–Trinajstić information content (AvgIpc) is 2.86. The predicted molar refractivity (Wildman–Crippen MR) is 75.7 cm³/mol. The molecule has 0 aliphatic carbocycles. The quantitative estimate of drug-likeness (QED) is 0.746. The Morgan fingerprint density at radius 3 is 2.81 bits per heavy atom. The number of carboxylic acids is 1. The molecule has 106 valence electrons. The molecule has 0 aliphatic rings. The van der Waals surface area contributed by atoms with Gasteiger partial charge >= 0.3 is 5.97 Å². The molecule has 1 aromatic carbocycles. The second-order valence-corrected chi connectivity index (χ2v) is 4.52. The van der Waals surface area contributed by atoms with Crippen LogP contribution in [0.15, 0.2) is 47.0 Å². The highest BCUT2D eigenvalue weighted by atomic mass is 16.4. The number of carbonyl (C=O) groups is 1. The van der Waals surface area contributed by atoms with Crippen LogP contribution in [0.2, 0.25) is 0 Å². The first-order valence-corrected chi connectivity index (χ1v) is 6.46. The third kappa shape index (κ3) is 2.75. The van der Waals surface area contributed by atoms with Gasteiger partial charge in [0.25, 0.3) is 0 Å². The van der Waals surface area contributed by atoms with E-state index in [9.17, 15) is 9.90 Å². The Hall–Kier alpha value is -2.73. The zero-order valence-electron chi connectivity index (χ0n) is 11.1. The van der Waals surface area contributed by atoms with E-state index in [4.69, 9.17) is 4.42 Å². The summed E-state index contributed by atoms with van der Waals surface area (Å²) in [6.45, 7) is 0.802. The largest absolute Gasteiger partial charge is 0.478 e. The van der Waals surface area contributed by atoms with Crippen molar-refractivity contribution in [2.45, 2.75) is 13.1 Å². The number of aromatic carboxylic acids is 1. The summed E-state index contributed by atoms with van der Waals surface area (Å²) in [5, 5.41) is 20.8. The van der Waals surface area contributed by atoms with E-state index in [1.807, 2.05) is 12.1 Å². The summed E-state index contributed by atoms with van der Waals surface area (Å²) >= 11 is 0. The van der Waals surface area contributed by atoms with E-state index in [1.54, 1.807) is 30.5 Å². The third-order valence-electron chi connectivity index (χ3n) is 3.10. The minimum atomic E-state index is -0.990. The summed E-state index contributed by atoms with van der Waals surface area (Å²) < 4.78 is 5.62. The number of hydrogen-bond acceptors (Lipinski definition) is 5. The number of aromatic nitrogens is 2. The number of furan rings is 1. The lowest BCUT2D eigenvalue weighted by Crippen LogP contribution is -2.15. The molecule has 0 spiro atoms. The van der Waals surface area contributed by atoms with Crippen LogP contribution in [0, 0.1) is 0 Å². The fourth-order valence-electron chi connectivity index (χ4n) is 2.19. The molecule has 2 heterocycles. The van der Waals surface area contributed by atoms with Crippen molar-refractivity contribution >= 4 is 16.9 Å². The Morgan fingerprint density at radius 2 is 2.05 bits per heavy atom. The van der Waals surface area contributed by atoms with E-state index in [0.717, 1.165) is 5.69 Å². The minimum absolute atomic E-state index is 0.206. The first-order valence-electron chi connectivity index (χ1n) is 6.46. The molecule has 3 aromatic rings. The maximum atomic E-state index is 11.4. The molecular weight excluding hydrogens is 270 g/mol. The maximum Gasteiger partial charge on any atom is 0.339 e. The van der Waals surface area contributed by atoms with E-state index in [1.165, 1.54) is 0 Å². The highest BCUT2D eigenvalue weighted by Crippen LogP contribution is 2.25. The molecule has 0 amide bonds. The normalized spacial score (nSPS) is 10.9. The second kappa shape index (κ2) is 5.72. The minimum Gasteiger partial charge on any atom is -0.478 e. The van der Waals surface area contributed by atoms with E-state index in [0.29, 0.717) is 29.8 Å². The predicted octanol–water partition coefficient (Wildman–Crippen LogP) is 2.21. The van der Waals surface area contributed by atoms with Crippen molar-refractivity contribution in [2.75, 3.05) is 0 Å². The van der Waals surface area contributed by atoms with Gasteiger partial charge < -0.3 is 14.8 Å². The summed E-state index contributed by atoms with van der Waals surface area (Å²) in [6, 6.07) is 10.8. The molecule has 0 radical (unpaired) electrons. The van der Waals surface area contributed by atoms with Gasteiger partial charge in [0.2, 0.25) is 0 Å². The van der Waals surface area contributed by atoms with Gasteiger partial charge in [-0.3, -0.25) is 0 Å². The van der Waals surface area contributed by atoms with Gasteiger partial charge in [-0.2, -0.15) is 10.2 Å². The van der Waals surface area contributed by atoms with Gasteiger partial charge in [-0.05, 0) is 18.2 Å². The van der Waals surface area contributed by atoms with Crippen LogP contribution in [-0.4, -0.2) is 21.3 Å². The molecular formula is C15H13N3O3. The number of carboxylic acid groups (broad SMARTS) is 1. The SMILES string of the molecule is O=C(O)c1c(CNCc2cccnn2)oc2ccccc12. The first-order chi connectivity index (χ1) is 10.3. The van der Waals surface area contributed by atoms with Crippen LogP contribution >= 0.6 is 0 Å². The lowest BCUT2D eigenvalue weighted by Gasteiger charge is -2.02. The van der Waals surface area contributed by atoms with Gasteiger partial charge in [0, 0.05) is 18.1 Å². The van der Waals surface area contributed by atoms with Gasteiger partial charge in [0.1, 0.15) is 16.9 Å². The van der Waals surface area contributed by atoms with Crippen molar-refractivity contribution in [1.29, 1.82) is 0 Å². The molecule has 6 heteroatoms. The smallest absolute Gasteiger partial charge is 0.339 e. The standard InChI is InChI=1S/C15H13N3O3/c19-15(20)14-11-5-1-2-6-12(11)21-13(14)9-16-8-10-4-3-7-17-18-10/h1-7,16H,8-9H2,(H,19,20). The van der Waals surface area contributed by atoms with Crippen molar-refractivity contribution < 1.29 is 14.3 Å². The molecule has 0 saturated heterocycles. The number of nitrogens with one attached hydrogen (secondary N) is 1. The molecule has 2 aromatic heterocycles. The number of benzene rings is 1. The number of hydrogen-bond donors (Lipinski definition) is 2. The number of fused-ring (bicyclic) bond motifs is 1. The summed E-state index contributed by atoms with van der Waals surface area (Å²) in [4.78, 5) is 11.4. The summed E-state index contributed by atoms with van der Waals surface area (Å²) in [7, 11) is 0. The van der Waals surface area contributed by atoms with Crippen molar-refractivity contribution in [2.24, 2.45) is 0 Å². The molecule has 21 heavy (non-hydrogen) atoms. The third-order valence-corrected chi connectivity index (χ3v) is 3.10. The lowest BCUT2D eigenvalue weighted by molar-refractivity contribution is 0.0696. The molecule has 6 nitrogen and oxygen atoms in total. The van der Waals surface area contributed by atoms with Crippen LogP contribution in [0.4, 0.5) is 0 Å². The van der Waals surface area contributed by atoms with Crippen LogP contribution in [-0.2, 0) is 13.1 Å². The maximum absolute atomic E-state index is 11.4. The monoisotopic (exact) mass is 283 g/mol. The van der Waals surface area contributed by atoms with Gasteiger partial charge in [-0.15, -0.1) is 0 Å². The molecule has 0 fully saturated rings. The van der Waals surface area contributed by atoms with Crippen LogP contribution in [0.5, 0.6) is 0 Å². The lowest BCUT2D eigenvalue weighted by atomic mass is 10.1. The Labute approximate surface area is 120 Å². The number of nitrogens with zero attached hydrogens (tertiary/aromatic N) is 2. The van der Waals surface area contributed by atoms with Gasteiger partial charge in [-0.25, -0.2) is 4.79 Å². The number of rotatable bonds is 5. The second-order valence-electron chi connectivity index (χ2n) is 4.52. The fraction of sp³-hybridized carbons (Fsp3) is 0.133. The summed E-state index contributed by atoms with van der Waals surface area (Å²) in [5.74, 6) is -0.580. The van der Waals surface area contributed by atoms with Crippen LogP contribution in [0.1, 0.15) is 21.8 Å². The topological polar surface area (TPSA) is 88.2 Å².